The van der Waals surface area contributed by atoms with Gasteiger partial charge >= 0.3 is 0 Å². The van der Waals surface area contributed by atoms with E-state index in [1.165, 1.54) is 45.3 Å². The average molecular weight is 240 g/mol. The highest BCUT2D eigenvalue weighted by Gasteiger charge is 2.32. The molecule has 17 heavy (non-hydrogen) atoms. The van der Waals surface area contributed by atoms with E-state index < -0.39 is 0 Å². The van der Waals surface area contributed by atoms with E-state index in [0.717, 1.165) is 31.0 Å². The summed E-state index contributed by atoms with van der Waals surface area (Å²) in [5, 5.41) is 3.45. The first-order chi connectivity index (χ1) is 8.31. The lowest BCUT2D eigenvalue weighted by atomic mass is 9.96. The van der Waals surface area contributed by atoms with E-state index in [1.54, 1.807) is 0 Å². The molecule has 0 spiro atoms. The second-order valence-corrected chi connectivity index (χ2v) is 5.76. The molecule has 2 fully saturated rings. The van der Waals surface area contributed by atoms with Crippen molar-refractivity contribution < 1.29 is 4.74 Å². The van der Waals surface area contributed by atoms with Gasteiger partial charge in [0.25, 0.3) is 0 Å². The molecule has 0 aromatic rings. The number of rotatable bonds is 7. The first-order valence-corrected chi connectivity index (χ1v) is 7.25. The molecule has 1 atom stereocenters. The third-order valence-electron chi connectivity index (χ3n) is 4.41. The Hall–Kier alpha value is -0.120. The highest BCUT2D eigenvalue weighted by molar-refractivity contribution is 4.86. The van der Waals surface area contributed by atoms with Crippen molar-refractivity contribution >= 4 is 0 Å². The summed E-state index contributed by atoms with van der Waals surface area (Å²) in [6.45, 7) is 8.10. The van der Waals surface area contributed by atoms with Gasteiger partial charge in [-0.25, -0.2) is 0 Å². The van der Waals surface area contributed by atoms with Crippen LogP contribution < -0.4 is 5.32 Å². The summed E-state index contributed by atoms with van der Waals surface area (Å²) in [6.07, 6.45) is 5.58. The van der Waals surface area contributed by atoms with Gasteiger partial charge in [0.15, 0.2) is 0 Å². The van der Waals surface area contributed by atoms with Crippen molar-refractivity contribution in [1.82, 2.24) is 10.2 Å². The topological polar surface area (TPSA) is 24.5 Å². The highest BCUT2D eigenvalue weighted by atomic mass is 16.5. The number of hydrogen-bond acceptors (Lipinski definition) is 3. The molecule has 1 aliphatic carbocycles. The molecule has 3 nitrogen and oxygen atoms in total. The molecule has 0 amide bonds. The van der Waals surface area contributed by atoms with E-state index >= 15 is 0 Å². The third kappa shape index (κ3) is 4.23. The van der Waals surface area contributed by atoms with Crippen LogP contribution in [0.15, 0.2) is 0 Å². The highest BCUT2D eigenvalue weighted by Crippen LogP contribution is 2.35. The van der Waals surface area contributed by atoms with Gasteiger partial charge in [0.2, 0.25) is 0 Å². The minimum absolute atomic E-state index is 0.764. The summed E-state index contributed by atoms with van der Waals surface area (Å²) in [5.74, 6) is 1.86. The van der Waals surface area contributed by atoms with Crippen LogP contribution >= 0.6 is 0 Å². The van der Waals surface area contributed by atoms with Crippen LogP contribution in [0.2, 0.25) is 0 Å². The summed E-state index contributed by atoms with van der Waals surface area (Å²) in [7, 11) is 1.81. The van der Waals surface area contributed by atoms with Crippen molar-refractivity contribution in [2.45, 2.75) is 38.6 Å². The van der Waals surface area contributed by atoms with Crippen molar-refractivity contribution in [3.63, 3.8) is 0 Å². The molecule has 1 saturated carbocycles. The molecule has 2 rings (SSSR count). The normalized spacial score (nSPS) is 24.2. The molecule has 1 saturated heterocycles. The number of nitrogens with zero attached hydrogens (tertiary/aromatic N) is 1. The fourth-order valence-electron chi connectivity index (χ4n) is 2.94. The SMILES string of the molecule is COCCN(CC1CCNCC1)C(C)C1CC1. The lowest BCUT2D eigenvalue weighted by molar-refractivity contribution is 0.0971. The maximum atomic E-state index is 5.26. The molecule has 1 unspecified atom stereocenters. The van der Waals surface area contributed by atoms with Crippen molar-refractivity contribution in [1.29, 1.82) is 0 Å². The molecule has 1 aliphatic heterocycles. The number of methoxy groups -OCH3 is 1. The van der Waals surface area contributed by atoms with Gasteiger partial charge in [0.05, 0.1) is 6.61 Å². The number of hydrogen-bond donors (Lipinski definition) is 1. The van der Waals surface area contributed by atoms with Gasteiger partial charge in [-0.2, -0.15) is 0 Å². The smallest absolute Gasteiger partial charge is 0.0589 e. The molecule has 1 N–H and O–H groups in total. The quantitative estimate of drug-likeness (QED) is 0.733. The van der Waals surface area contributed by atoms with Gasteiger partial charge in [-0.1, -0.05) is 0 Å². The number of ether oxygens (including phenoxy) is 1. The van der Waals surface area contributed by atoms with E-state index in [4.69, 9.17) is 4.74 Å². The maximum Gasteiger partial charge on any atom is 0.0589 e. The van der Waals surface area contributed by atoms with Gasteiger partial charge in [0, 0.05) is 26.2 Å². The van der Waals surface area contributed by atoms with E-state index in [1.807, 2.05) is 7.11 Å². The Balaban J connectivity index is 1.80. The Labute approximate surface area is 106 Å². The van der Waals surface area contributed by atoms with Gasteiger partial charge in [0.1, 0.15) is 0 Å². The van der Waals surface area contributed by atoms with Gasteiger partial charge in [-0.05, 0) is 57.5 Å². The molecule has 3 heteroatoms. The van der Waals surface area contributed by atoms with Crippen LogP contribution in [-0.4, -0.2) is 50.8 Å². The molecular formula is C14H28N2O. The predicted octanol–water partition coefficient (Wildman–Crippen LogP) is 1.73. The lowest BCUT2D eigenvalue weighted by Gasteiger charge is -2.34. The Kier molecular flexibility index (Phi) is 5.26. The van der Waals surface area contributed by atoms with Crippen LogP contribution in [0.25, 0.3) is 0 Å². The molecule has 0 aromatic carbocycles. The van der Waals surface area contributed by atoms with Crippen molar-refractivity contribution in [3.8, 4) is 0 Å². The Morgan fingerprint density at radius 3 is 2.53 bits per heavy atom. The van der Waals surface area contributed by atoms with Crippen molar-refractivity contribution in [3.05, 3.63) is 0 Å². The van der Waals surface area contributed by atoms with Crippen LogP contribution in [0.4, 0.5) is 0 Å². The predicted molar refractivity (Wildman–Crippen MR) is 71.2 cm³/mol. The molecule has 100 valence electrons. The molecule has 0 aromatic heterocycles. The molecule has 0 bridgehead atoms. The minimum atomic E-state index is 0.764. The minimum Gasteiger partial charge on any atom is -0.383 e. The lowest BCUT2D eigenvalue weighted by Crippen LogP contribution is -2.42. The van der Waals surface area contributed by atoms with Crippen LogP contribution in [0, 0.1) is 11.8 Å². The van der Waals surface area contributed by atoms with Crippen LogP contribution in [0.5, 0.6) is 0 Å². The zero-order valence-corrected chi connectivity index (χ0v) is 11.5. The summed E-state index contributed by atoms with van der Waals surface area (Å²) >= 11 is 0. The van der Waals surface area contributed by atoms with E-state index in [0.29, 0.717) is 0 Å². The first kappa shape index (κ1) is 13.3. The Morgan fingerprint density at radius 2 is 1.94 bits per heavy atom. The molecule has 1 heterocycles. The number of piperidine rings is 1. The summed E-state index contributed by atoms with van der Waals surface area (Å²) < 4.78 is 5.26. The van der Waals surface area contributed by atoms with Crippen LogP contribution in [-0.2, 0) is 4.74 Å². The van der Waals surface area contributed by atoms with E-state index in [9.17, 15) is 0 Å². The summed E-state index contributed by atoms with van der Waals surface area (Å²) in [4.78, 5) is 2.68. The van der Waals surface area contributed by atoms with Crippen molar-refractivity contribution in [2.75, 3.05) is 39.9 Å². The number of nitrogens with one attached hydrogen (secondary N) is 1. The fraction of sp³-hybridized carbons (Fsp3) is 1.00. The third-order valence-corrected chi connectivity index (χ3v) is 4.41. The molecule has 0 radical (unpaired) electrons. The second-order valence-electron chi connectivity index (χ2n) is 5.76. The maximum absolute atomic E-state index is 5.26. The summed E-state index contributed by atoms with van der Waals surface area (Å²) in [6, 6.07) is 0.764. The zero-order chi connectivity index (χ0) is 12.1. The Morgan fingerprint density at radius 1 is 1.24 bits per heavy atom. The second kappa shape index (κ2) is 6.72. The molecular weight excluding hydrogens is 212 g/mol. The molecule has 2 aliphatic rings. The monoisotopic (exact) mass is 240 g/mol. The Bertz CT molecular complexity index is 212. The summed E-state index contributed by atoms with van der Waals surface area (Å²) in [5.41, 5.74) is 0. The zero-order valence-electron chi connectivity index (χ0n) is 11.5. The fourth-order valence-corrected chi connectivity index (χ4v) is 2.94. The standard InChI is InChI=1S/C14H28N2O/c1-12(14-3-4-14)16(9-10-17-2)11-13-5-7-15-8-6-13/h12-15H,3-11H2,1-2H3. The largest absolute Gasteiger partial charge is 0.383 e. The van der Waals surface area contributed by atoms with E-state index in [-0.39, 0.29) is 0 Å². The van der Waals surface area contributed by atoms with Crippen LogP contribution in [0.1, 0.15) is 32.6 Å². The van der Waals surface area contributed by atoms with Crippen LogP contribution in [0.3, 0.4) is 0 Å². The first-order valence-electron chi connectivity index (χ1n) is 7.25. The van der Waals surface area contributed by atoms with Crippen molar-refractivity contribution in [2.24, 2.45) is 11.8 Å². The van der Waals surface area contributed by atoms with Gasteiger partial charge in [-0.15, -0.1) is 0 Å². The van der Waals surface area contributed by atoms with Gasteiger partial charge in [-0.3, -0.25) is 4.90 Å². The average Bonchev–Trinajstić information content (AvgIpc) is 3.19. The van der Waals surface area contributed by atoms with E-state index in [2.05, 4.69) is 17.1 Å². The van der Waals surface area contributed by atoms with Gasteiger partial charge < -0.3 is 10.1 Å².